The van der Waals surface area contributed by atoms with Gasteiger partial charge in [0.15, 0.2) is 5.11 Å². The molecular formula is C12H12N4O3S. The molecule has 1 N–H and O–H groups in total. The van der Waals surface area contributed by atoms with Crippen molar-refractivity contribution in [3.63, 3.8) is 0 Å². The summed E-state index contributed by atoms with van der Waals surface area (Å²) in [6.07, 6.45) is -0.852. The monoisotopic (exact) mass is 292 g/mol. The number of hydrogen-bond donors (Lipinski definition) is 1. The predicted molar refractivity (Wildman–Crippen MR) is 74.8 cm³/mol. The Kier molecular flexibility index (Phi) is 3.75. The van der Waals surface area contributed by atoms with Gasteiger partial charge in [-0.25, -0.2) is 4.79 Å². The number of rotatable bonds is 3. The Labute approximate surface area is 120 Å². The SMILES string of the molecule is CN1C(=O)[C@H](N=Nc2ccccc2C(=O)O)N(C)C1=S. The first-order valence-corrected chi connectivity index (χ1v) is 6.12. The standard InChI is InChI=1S/C12H12N4O3S/c1-15-9(10(17)16(2)12(15)20)14-13-8-6-4-3-5-7(8)11(18)19/h3-6,9H,1-2H3,(H,18,19)/t9-/m1/s1. The molecule has 0 spiro atoms. The summed E-state index contributed by atoms with van der Waals surface area (Å²) in [5, 5.41) is 17.2. The maximum Gasteiger partial charge on any atom is 0.337 e. The highest BCUT2D eigenvalue weighted by Gasteiger charge is 2.38. The molecule has 1 aromatic rings. The van der Waals surface area contributed by atoms with E-state index in [4.69, 9.17) is 17.3 Å². The van der Waals surface area contributed by atoms with Crippen LogP contribution in [-0.2, 0) is 4.79 Å². The largest absolute Gasteiger partial charge is 0.478 e. The molecule has 0 unspecified atom stereocenters. The molecule has 1 amide bonds. The Morgan fingerprint density at radius 3 is 2.55 bits per heavy atom. The van der Waals surface area contributed by atoms with Gasteiger partial charge in [0.1, 0.15) is 0 Å². The van der Waals surface area contributed by atoms with Gasteiger partial charge in [-0.2, -0.15) is 10.2 Å². The predicted octanol–water partition coefficient (Wildman–Crippen LogP) is 1.48. The van der Waals surface area contributed by atoms with E-state index in [-0.39, 0.29) is 17.2 Å². The van der Waals surface area contributed by atoms with Gasteiger partial charge < -0.3 is 10.0 Å². The summed E-state index contributed by atoms with van der Waals surface area (Å²) in [5.41, 5.74) is 0.224. The minimum Gasteiger partial charge on any atom is -0.478 e. The number of carboxylic acid groups (broad SMARTS) is 1. The smallest absolute Gasteiger partial charge is 0.337 e. The molecule has 0 saturated carbocycles. The van der Waals surface area contributed by atoms with E-state index in [1.165, 1.54) is 21.9 Å². The number of hydrogen-bond acceptors (Lipinski definition) is 5. The lowest BCUT2D eigenvalue weighted by Crippen LogP contribution is -2.28. The second-order valence-corrected chi connectivity index (χ2v) is 4.57. The first-order chi connectivity index (χ1) is 9.43. The number of aromatic carboxylic acids is 1. The number of likely N-dealkylation sites (N-methyl/N-ethyl adjacent to an activating group) is 2. The molecule has 1 aliphatic heterocycles. The van der Waals surface area contributed by atoms with Gasteiger partial charge in [0, 0.05) is 14.1 Å². The summed E-state index contributed by atoms with van der Waals surface area (Å²) < 4.78 is 0. The van der Waals surface area contributed by atoms with Crippen LogP contribution in [0.3, 0.4) is 0 Å². The van der Waals surface area contributed by atoms with Crippen molar-refractivity contribution in [2.24, 2.45) is 10.2 Å². The minimum absolute atomic E-state index is 0.0280. The third-order valence-electron chi connectivity index (χ3n) is 2.92. The second-order valence-electron chi connectivity index (χ2n) is 4.20. The van der Waals surface area contributed by atoms with Crippen molar-refractivity contribution in [3.05, 3.63) is 29.8 Å². The Morgan fingerprint density at radius 1 is 1.35 bits per heavy atom. The molecule has 1 aliphatic rings. The molecule has 0 aliphatic carbocycles. The molecule has 8 heteroatoms. The Hall–Kier alpha value is -2.35. The average Bonchev–Trinajstić information content (AvgIpc) is 2.61. The van der Waals surface area contributed by atoms with E-state index < -0.39 is 12.1 Å². The number of carbonyl (C=O) groups excluding carboxylic acids is 1. The maximum absolute atomic E-state index is 11.9. The second kappa shape index (κ2) is 5.33. The molecule has 104 valence electrons. The van der Waals surface area contributed by atoms with Crippen LogP contribution in [0.4, 0.5) is 5.69 Å². The van der Waals surface area contributed by atoms with E-state index >= 15 is 0 Å². The molecule has 0 radical (unpaired) electrons. The molecule has 1 heterocycles. The van der Waals surface area contributed by atoms with E-state index in [2.05, 4.69) is 10.2 Å². The van der Waals surface area contributed by atoms with Crippen LogP contribution in [0, 0.1) is 0 Å². The quantitative estimate of drug-likeness (QED) is 0.673. The fraction of sp³-hybridized carbons (Fsp3) is 0.250. The lowest BCUT2D eigenvalue weighted by atomic mass is 10.2. The lowest BCUT2D eigenvalue weighted by Gasteiger charge is -2.13. The topological polar surface area (TPSA) is 85.6 Å². The number of carbonyl (C=O) groups is 2. The van der Waals surface area contributed by atoms with Crippen LogP contribution in [-0.4, -0.2) is 52.2 Å². The molecule has 1 aromatic carbocycles. The van der Waals surface area contributed by atoms with Gasteiger partial charge in [-0.15, -0.1) is 0 Å². The van der Waals surface area contributed by atoms with Crippen LogP contribution in [0.1, 0.15) is 10.4 Å². The van der Waals surface area contributed by atoms with E-state index in [9.17, 15) is 9.59 Å². The summed E-state index contributed by atoms with van der Waals surface area (Å²) >= 11 is 5.05. The molecule has 20 heavy (non-hydrogen) atoms. The fourth-order valence-corrected chi connectivity index (χ4v) is 1.95. The summed E-state index contributed by atoms with van der Waals surface area (Å²) in [6.45, 7) is 0. The molecule has 0 bridgehead atoms. The lowest BCUT2D eigenvalue weighted by molar-refractivity contribution is -0.127. The maximum atomic E-state index is 11.9. The third kappa shape index (κ3) is 2.37. The first-order valence-electron chi connectivity index (χ1n) is 5.71. The van der Waals surface area contributed by atoms with Crippen LogP contribution < -0.4 is 0 Å². The van der Waals surface area contributed by atoms with Crippen molar-refractivity contribution in [2.45, 2.75) is 6.17 Å². The fourth-order valence-electron chi connectivity index (χ4n) is 1.76. The summed E-state index contributed by atoms with van der Waals surface area (Å²) in [4.78, 5) is 25.7. The van der Waals surface area contributed by atoms with Crippen LogP contribution in [0.5, 0.6) is 0 Å². The summed E-state index contributed by atoms with van der Waals surface area (Å²) in [6, 6.07) is 6.19. The van der Waals surface area contributed by atoms with Crippen LogP contribution >= 0.6 is 12.2 Å². The van der Waals surface area contributed by atoms with Crippen LogP contribution in [0.15, 0.2) is 34.5 Å². The van der Waals surface area contributed by atoms with Gasteiger partial charge in [0.25, 0.3) is 5.91 Å². The van der Waals surface area contributed by atoms with Gasteiger partial charge in [-0.3, -0.25) is 9.69 Å². The number of thiocarbonyl (C=S) groups is 1. The van der Waals surface area contributed by atoms with Crippen molar-refractivity contribution in [2.75, 3.05) is 14.1 Å². The zero-order valence-corrected chi connectivity index (χ0v) is 11.7. The minimum atomic E-state index is -1.10. The Bertz CT molecular complexity index is 616. The van der Waals surface area contributed by atoms with Crippen LogP contribution in [0.25, 0.3) is 0 Å². The molecule has 1 atom stereocenters. The third-order valence-corrected chi connectivity index (χ3v) is 3.48. The molecule has 0 aromatic heterocycles. The van der Waals surface area contributed by atoms with Gasteiger partial charge >= 0.3 is 5.97 Å². The van der Waals surface area contributed by atoms with Crippen molar-refractivity contribution in [3.8, 4) is 0 Å². The molecule has 1 saturated heterocycles. The highest BCUT2D eigenvalue weighted by molar-refractivity contribution is 7.80. The molecule has 2 rings (SSSR count). The van der Waals surface area contributed by atoms with Gasteiger partial charge in [0.05, 0.1) is 11.3 Å². The summed E-state index contributed by atoms with van der Waals surface area (Å²) in [5.74, 6) is -1.40. The zero-order valence-electron chi connectivity index (χ0n) is 10.8. The first kappa shape index (κ1) is 14.1. The number of benzene rings is 1. The van der Waals surface area contributed by atoms with Gasteiger partial charge in [-0.1, -0.05) is 12.1 Å². The number of nitrogens with zero attached hydrogens (tertiary/aromatic N) is 4. The van der Waals surface area contributed by atoms with Crippen molar-refractivity contribution in [1.82, 2.24) is 9.80 Å². The van der Waals surface area contributed by atoms with Crippen molar-refractivity contribution >= 4 is 34.9 Å². The Balaban J connectivity index is 2.29. The van der Waals surface area contributed by atoms with E-state index in [1.54, 1.807) is 26.2 Å². The number of azo groups is 1. The average molecular weight is 292 g/mol. The van der Waals surface area contributed by atoms with Crippen molar-refractivity contribution < 1.29 is 14.7 Å². The molecule has 1 fully saturated rings. The van der Waals surface area contributed by atoms with E-state index in [0.717, 1.165) is 0 Å². The normalized spacial score (nSPS) is 19.2. The van der Waals surface area contributed by atoms with Gasteiger partial charge in [-0.05, 0) is 24.4 Å². The Morgan fingerprint density at radius 2 is 2.00 bits per heavy atom. The highest BCUT2D eigenvalue weighted by Crippen LogP contribution is 2.22. The zero-order chi connectivity index (χ0) is 14.9. The van der Waals surface area contributed by atoms with E-state index in [0.29, 0.717) is 5.11 Å². The van der Waals surface area contributed by atoms with Crippen LogP contribution in [0.2, 0.25) is 0 Å². The highest BCUT2D eigenvalue weighted by atomic mass is 32.1. The number of amides is 1. The molecule has 7 nitrogen and oxygen atoms in total. The number of carboxylic acids is 1. The van der Waals surface area contributed by atoms with Crippen molar-refractivity contribution in [1.29, 1.82) is 0 Å². The van der Waals surface area contributed by atoms with E-state index in [1.807, 2.05) is 0 Å². The summed E-state index contributed by atoms with van der Waals surface area (Å²) in [7, 11) is 3.19. The van der Waals surface area contributed by atoms with Gasteiger partial charge in [0.2, 0.25) is 6.17 Å². The molecular weight excluding hydrogens is 280 g/mol.